The fourth-order valence-corrected chi connectivity index (χ4v) is 2.94. The van der Waals surface area contributed by atoms with E-state index < -0.39 is 11.6 Å². The number of halogens is 3. The predicted molar refractivity (Wildman–Crippen MR) is 70.5 cm³/mol. The summed E-state index contributed by atoms with van der Waals surface area (Å²) in [6.07, 6.45) is 0. The Balaban J connectivity index is 2.33. The van der Waals surface area contributed by atoms with Crippen molar-refractivity contribution in [3.05, 3.63) is 58.1 Å². The molecule has 2 rings (SSSR count). The molecule has 1 nitrogen and oxygen atoms in total. The van der Waals surface area contributed by atoms with E-state index >= 15 is 0 Å². The molecule has 0 aliphatic rings. The highest BCUT2D eigenvalue weighted by Gasteiger charge is 2.07. The first-order valence-electron chi connectivity index (χ1n) is 5.12. The molecular formula is C13H9BrF2OS. The molecule has 0 heterocycles. The summed E-state index contributed by atoms with van der Waals surface area (Å²) < 4.78 is 26.8. The van der Waals surface area contributed by atoms with Crippen LogP contribution in [0.5, 0.6) is 0 Å². The molecule has 1 N–H and O–H groups in total. The molecule has 0 atom stereocenters. The van der Waals surface area contributed by atoms with Gasteiger partial charge in [0.15, 0.2) is 11.6 Å². The van der Waals surface area contributed by atoms with Crippen molar-refractivity contribution in [2.45, 2.75) is 16.4 Å². The Bertz CT molecular complexity index is 575. The van der Waals surface area contributed by atoms with Crippen LogP contribution in [0.25, 0.3) is 0 Å². The molecule has 2 aromatic rings. The third kappa shape index (κ3) is 3.10. The fourth-order valence-electron chi connectivity index (χ4n) is 1.42. The molecule has 0 unspecified atom stereocenters. The van der Waals surface area contributed by atoms with Crippen LogP contribution in [0.15, 0.2) is 50.7 Å². The van der Waals surface area contributed by atoms with E-state index in [9.17, 15) is 13.9 Å². The summed E-state index contributed by atoms with van der Waals surface area (Å²) in [6, 6.07) is 9.17. The second-order valence-corrected chi connectivity index (χ2v) is 5.62. The van der Waals surface area contributed by atoms with Crippen molar-refractivity contribution in [2.24, 2.45) is 0 Å². The second-order valence-electron chi connectivity index (χ2n) is 3.59. The monoisotopic (exact) mass is 330 g/mol. The summed E-state index contributed by atoms with van der Waals surface area (Å²) in [7, 11) is 0. The van der Waals surface area contributed by atoms with Gasteiger partial charge in [-0.2, -0.15) is 0 Å². The lowest BCUT2D eigenvalue weighted by Crippen LogP contribution is -1.88. The summed E-state index contributed by atoms with van der Waals surface area (Å²) in [5.41, 5.74) is 0.743. The Morgan fingerprint density at radius 2 is 1.83 bits per heavy atom. The lowest BCUT2D eigenvalue weighted by molar-refractivity contribution is 0.279. The first kappa shape index (κ1) is 13.5. The Hall–Kier alpha value is -0.910. The lowest BCUT2D eigenvalue weighted by Gasteiger charge is -2.08. The number of benzene rings is 2. The smallest absolute Gasteiger partial charge is 0.159 e. The molecule has 0 fully saturated rings. The van der Waals surface area contributed by atoms with Crippen LogP contribution in [0.2, 0.25) is 0 Å². The number of rotatable bonds is 3. The third-order valence-corrected chi connectivity index (χ3v) is 3.90. The molecule has 0 bridgehead atoms. The molecule has 0 amide bonds. The highest BCUT2D eigenvalue weighted by Crippen LogP contribution is 2.33. The van der Waals surface area contributed by atoms with Crippen molar-refractivity contribution in [1.82, 2.24) is 0 Å². The van der Waals surface area contributed by atoms with E-state index in [4.69, 9.17) is 0 Å². The van der Waals surface area contributed by atoms with E-state index in [-0.39, 0.29) is 6.61 Å². The van der Waals surface area contributed by atoms with Gasteiger partial charge in [0.2, 0.25) is 0 Å². The number of hydrogen-bond acceptors (Lipinski definition) is 2. The van der Waals surface area contributed by atoms with Crippen molar-refractivity contribution in [1.29, 1.82) is 0 Å². The largest absolute Gasteiger partial charge is 0.392 e. The van der Waals surface area contributed by atoms with Crippen LogP contribution in [0, 0.1) is 11.6 Å². The third-order valence-electron chi connectivity index (χ3n) is 2.32. The molecule has 0 aliphatic carbocycles. The molecule has 0 aromatic heterocycles. The topological polar surface area (TPSA) is 20.2 Å². The summed E-state index contributed by atoms with van der Waals surface area (Å²) >= 11 is 4.62. The summed E-state index contributed by atoms with van der Waals surface area (Å²) in [4.78, 5) is 1.39. The van der Waals surface area contributed by atoms with Crippen molar-refractivity contribution < 1.29 is 13.9 Å². The minimum atomic E-state index is -0.874. The molecule has 0 spiro atoms. The Morgan fingerprint density at radius 3 is 2.50 bits per heavy atom. The zero-order valence-electron chi connectivity index (χ0n) is 9.16. The SMILES string of the molecule is OCc1ccc(Br)cc1Sc1ccc(F)c(F)c1. The van der Waals surface area contributed by atoms with Gasteiger partial charge in [0.25, 0.3) is 0 Å². The Morgan fingerprint density at radius 1 is 1.06 bits per heavy atom. The highest BCUT2D eigenvalue weighted by molar-refractivity contribution is 9.10. The van der Waals surface area contributed by atoms with Crippen LogP contribution in [0.3, 0.4) is 0 Å². The zero-order chi connectivity index (χ0) is 13.1. The molecule has 0 saturated heterocycles. The van der Waals surface area contributed by atoms with Gasteiger partial charge in [-0.3, -0.25) is 0 Å². The zero-order valence-corrected chi connectivity index (χ0v) is 11.6. The van der Waals surface area contributed by atoms with Crippen LogP contribution >= 0.6 is 27.7 Å². The summed E-state index contributed by atoms with van der Waals surface area (Å²) in [5, 5.41) is 9.22. The molecule has 0 radical (unpaired) electrons. The first-order valence-corrected chi connectivity index (χ1v) is 6.73. The van der Waals surface area contributed by atoms with Gasteiger partial charge in [0, 0.05) is 14.3 Å². The normalized spacial score (nSPS) is 10.7. The molecule has 18 heavy (non-hydrogen) atoms. The van der Waals surface area contributed by atoms with E-state index in [1.807, 2.05) is 12.1 Å². The molecule has 5 heteroatoms. The van der Waals surface area contributed by atoms with Crippen LogP contribution in [-0.2, 0) is 6.61 Å². The quantitative estimate of drug-likeness (QED) is 0.901. The van der Waals surface area contributed by atoms with Gasteiger partial charge in [-0.05, 0) is 35.9 Å². The van der Waals surface area contributed by atoms with Gasteiger partial charge in [0.05, 0.1) is 6.61 Å². The van der Waals surface area contributed by atoms with E-state index in [2.05, 4.69) is 15.9 Å². The maximum atomic E-state index is 13.1. The van der Waals surface area contributed by atoms with Crippen molar-refractivity contribution in [2.75, 3.05) is 0 Å². The standard InChI is InChI=1S/C13H9BrF2OS/c14-9-2-1-8(7-17)13(5-9)18-10-3-4-11(15)12(16)6-10/h1-6,17H,7H2. The van der Waals surface area contributed by atoms with Crippen LogP contribution < -0.4 is 0 Å². The Labute approximate surface area is 116 Å². The summed E-state index contributed by atoms with van der Waals surface area (Å²) in [5.74, 6) is -1.74. The van der Waals surface area contributed by atoms with Crippen LogP contribution in [0.4, 0.5) is 8.78 Å². The number of hydrogen-bond donors (Lipinski definition) is 1. The van der Waals surface area contributed by atoms with Crippen molar-refractivity contribution in [3.8, 4) is 0 Å². The fraction of sp³-hybridized carbons (Fsp3) is 0.0769. The van der Waals surface area contributed by atoms with E-state index in [1.54, 1.807) is 6.07 Å². The van der Waals surface area contributed by atoms with Gasteiger partial charge in [-0.25, -0.2) is 8.78 Å². The molecular weight excluding hydrogens is 322 g/mol. The van der Waals surface area contributed by atoms with Gasteiger partial charge in [0.1, 0.15) is 0 Å². The van der Waals surface area contributed by atoms with E-state index in [0.717, 1.165) is 27.1 Å². The molecule has 0 saturated carbocycles. The predicted octanol–water partition coefficient (Wildman–Crippen LogP) is 4.37. The van der Waals surface area contributed by atoms with Gasteiger partial charge in [-0.1, -0.05) is 33.8 Å². The minimum absolute atomic E-state index is 0.0979. The minimum Gasteiger partial charge on any atom is -0.392 e. The molecule has 94 valence electrons. The number of aliphatic hydroxyl groups is 1. The first-order chi connectivity index (χ1) is 8.60. The van der Waals surface area contributed by atoms with Crippen molar-refractivity contribution >= 4 is 27.7 Å². The Kier molecular flexibility index (Phi) is 4.37. The molecule has 0 aliphatic heterocycles. The van der Waals surface area contributed by atoms with Gasteiger partial charge < -0.3 is 5.11 Å². The van der Waals surface area contributed by atoms with Crippen LogP contribution in [-0.4, -0.2) is 5.11 Å². The van der Waals surface area contributed by atoms with Gasteiger partial charge in [-0.15, -0.1) is 0 Å². The maximum absolute atomic E-state index is 13.1. The highest BCUT2D eigenvalue weighted by atomic mass is 79.9. The average Bonchev–Trinajstić information content (AvgIpc) is 2.34. The lowest BCUT2D eigenvalue weighted by atomic mass is 10.2. The summed E-state index contributed by atoms with van der Waals surface area (Å²) in [6.45, 7) is -0.0979. The van der Waals surface area contributed by atoms with E-state index in [1.165, 1.54) is 17.8 Å². The van der Waals surface area contributed by atoms with E-state index in [0.29, 0.717) is 4.90 Å². The maximum Gasteiger partial charge on any atom is 0.159 e. The van der Waals surface area contributed by atoms with Crippen molar-refractivity contribution in [3.63, 3.8) is 0 Å². The molecule has 2 aromatic carbocycles. The van der Waals surface area contributed by atoms with Crippen LogP contribution in [0.1, 0.15) is 5.56 Å². The number of aliphatic hydroxyl groups excluding tert-OH is 1. The average molecular weight is 331 g/mol. The second kappa shape index (κ2) is 5.82. The van der Waals surface area contributed by atoms with Gasteiger partial charge >= 0.3 is 0 Å².